The lowest BCUT2D eigenvalue weighted by Crippen LogP contribution is -2.28. The molecule has 1 saturated heterocycles. The van der Waals surface area contributed by atoms with E-state index in [9.17, 15) is 13.2 Å². The van der Waals surface area contributed by atoms with Crippen molar-refractivity contribution in [2.45, 2.75) is 38.5 Å². The number of anilines is 1. The number of sulfonamides is 1. The lowest BCUT2D eigenvalue weighted by atomic mass is 10.1. The molecule has 0 saturated carbocycles. The molecule has 0 unspecified atom stereocenters. The molecule has 2 aromatic carbocycles. The molecule has 0 radical (unpaired) electrons. The SMILES string of the molecule is Cc1ccc(C(=O)Nc2ccc3nc(C)c(C)nc3c2)cc1S(=O)(=O)N1CCCC1. The van der Waals surface area contributed by atoms with Crippen LogP contribution in [0.5, 0.6) is 0 Å². The summed E-state index contributed by atoms with van der Waals surface area (Å²) in [4.78, 5) is 22.0. The van der Waals surface area contributed by atoms with Gasteiger partial charge in [-0.1, -0.05) is 6.07 Å². The smallest absolute Gasteiger partial charge is 0.255 e. The van der Waals surface area contributed by atoms with Gasteiger partial charge < -0.3 is 5.32 Å². The highest BCUT2D eigenvalue weighted by molar-refractivity contribution is 7.89. The van der Waals surface area contributed by atoms with Crippen LogP contribution in [-0.4, -0.2) is 41.7 Å². The van der Waals surface area contributed by atoms with Gasteiger partial charge in [0.05, 0.1) is 27.3 Å². The number of carbonyl (C=O) groups excluding carboxylic acids is 1. The summed E-state index contributed by atoms with van der Waals surface area (Å²) < 4.78 is 27.4. The monoisotopic (exact) mass is 424 g/mol. The van der Waals surface area contributed by atoms with Gasteiger partial charge >= 0.3 is 0 Å². The average Bonchev–Trinajstić information content (AvgIpc) is 3.25. The highest BCUT2D eigenvalue weighted by Gasteiger charge is 2.29. The first-order chi connectivity index (χ1) is 14.3. The lowest BCUT2D eigenvalue weighted by molar-refractivity contribution is 0.102. The summed E-state index contributed by atoms with van der Waals surface area (Å²) in [6, 6.07) is 10.1. The normalized spacial score (nSPS) is 14.9. The molecule has 0 spiro atoms. The van der Waals surface area contributed by atoms with Crippen LogP contribution in [0, 0.1) is 20.8 Å². The van der Waals surface area contributed by atoms with Crippen LogP contribution in [0.15, 0.2) is 41.3 Å². The zero-order chi connectivity index (χ0) is 21.5. The predicted molar refractivity (Wildman–Crippen MR) is 116 cm³/mol. The summed E-state index contributed by atoms with van der Waals surface area (Å²) in [6.07, 6.45) is 1.73. The molecular weight excluding hydrogens is 400 g/mol. The van der Waals surface area contributed by atoms with Gasteiger partial charge in [-0.2, -0.15) is 4.31 Å². The van der Waals surface area contributed by atoms with Gasteiger partial charge in [-0.3, -0.25) is 4.79 Å². The van der Waals surface area contributed by atoms with Gasteiger partial charge in [0, 0.05) is 24.3 Å². The minimum absolute atomic E-state index is 0.188. The first-order valence-electron chi connectivity index (χ1n) is 9.93. The van der Waals surface area contributed by atoms with Crippen molar-refractivity contribution in [1.82, 2.24) is 14.3 Å². The number of aryl methyl sites for hydroxylation is 3. The Morgan fingerprint density at radius 3 is 2.30 bits per heavy atom. The van der Waals surface area contributed by atoms with Crippen LogP contribution in [0.1, 0.15) is 40.2 Å². The van der Waals surface area contributed by atoms with E-state index < -0.39 is 10.0 Å². The molecule has 156 valence electrons. The molecule has 1 amide bonds. The van der Waals surface area contributed by atoms with Crippen molar-refractivity contribution in [2.24, 2.45) is 0 Å². The third-order valence-electron chi connectivity index (χ3n) is 5.47. The largest absolute Gasteiger partial charge is 0.322 e. The van der Waals surface area contributed by atoms with E-state index in [1.54, 1.807) is 31.2 Å². The predicted octanol–water partition coefficient (Wildman–Crippen LogP) is 3.59. The number of nitrogens with one attached hydrogen (secondary N) is 1. The van der Waals surface area contributed by atoms with Gasteiger partial charge in [0.15, 0.2) is 0 Å². The van der Waals surface area contributed by atoms with Crippen molar-refractivity contribution < 1.29 is 13.2 Å². The molecule has 0 atom stereocenters. The number of aromatic nitrogens is 2. The van der Waals surface area contributed by atoms with E-state index in [2.05, 4.69) is 15.3 Å². The molecule has 0 bridgehead atoms. The number of nitrogens with zero attached hydrogens (tertiary/aromatic N) is 3. The Kier molecular flexibility index (Phi) is 5.29. The second-order valence-corrected chi connectivity index (χ2v) is 9.55. The van der Waals surface area contributed by atoms with E-state index >= 15 is 0 Å². The standard InChI is InChI=1S/C22H24N4O3S/c1-14-6-7-17(12-21(14)30(28,29)26-10-4-5-11-26)22(27)25-18-8-9-19-20(13-18)24-16(3)15(2)23-19/h6-9,12-13H,4-5,10-11H2,1-3H3,(H,25,27). The van der Waals surface area contributed by atoms with Crippen LogP contribution < -0.4 is 5.32 Å². The minimum atomic E-state index is -3.60. The number of benzene rings is 2. The molecule has 3 aromatic rings. The Morgan fingerprint density at radius 1 is 0.933 bits per heavy atom. The van der Waals surface area contributed by atoms with Gasteiger partial charge in [-0.05, 0) is 69.5 Å². The van der Waals surface area contributed by atoms with E-state index in [1.165, 1.54) is 10.4 Å². The van der Waals surface area contributed by atoms with Gasteiger partial charge in [0.2, 0.25) is 10.0 Å². The molecule has 4 rings (SSSR count). The number of amides is 1. The molecule has 7 nitrogen and oxygen atoms in total. The fourth-order valence-electron chi connectivity index (χ4n) is 3.60. The number of rotatable bonds is 4. The van der Waals surface area contributed by atoms with Gasteiger partial charge in [0.1, 0.15) is 0 Å². The summed E-state index contributed by atoms with van der Waals surface area (Å²) in [6.45, 7) is 6.59. The Bertz CT molecular complexity index is 1250. The fourth-order valence-corrected chi connectivity index (χ4v) is 5.37. The van der Waals surface area contributed by atoms with Crippen molar-refractivity contribution in [2.75, 3.05) is 18.4 Å². The Morgan fingerprint density at radius 2 is 1.60 bits per heavy atom. The Hall–Kier alpha value is -2.84. The molecule has 0 aliphatic carbocycles. The summed E-state index contributed by atoms with van der Waals surface area (Å²) in [5.41, 5.74) is 4.65. The van der Waals surface area contributed by atoms with Crippen LogP contribution >= 0.6 is 0 Å². The van der Waals surface area contributed by atoms with Crippen LogP contribution in [0.4, 0.5) is 5.69 Å². The number of carbonyl (C=O) groups is 1. The van der Waals surface area contributed by atoms with Crippen LogP contribution in [0.3, 0.4) is 0 Å². The van der Waals surface area contributed by atoms with E-state index in [4.69, 9.17) is 0 Å². The van der Waals surface area contributed by atoms with Crippen molar-refractivity contribution in [3.63, 3.8) is 0 Å². The zero-order valence-corrected chi connectivity index (χ0v) is 18.1. The van der Waals surface area contributed by atoms with Crippen molar-refractivity contribution in [3.8, 4) is 0 Å². The van der Waals surface area contributed by atoms with E-state index in [0.717, 1.165) is 29.7 Å². The Balaban J connectivity index is 1.62. The summed E-state index contributed by atoms with van der Waals surface area (Å²) in [5.74, 6) is -0.371. The number of hydrogen-bond acceptors (Lipinski definition) is 5. The molecule has 30 heavy (non-hydrogen) atoms. The highest BCUT2D eigenvalue weighted by atomic mass is 32.2. The fraction of sp³-hybridized carbons (Fsp3) is 0.318. The second-order valence-electron chi connectivity index (χ2n) is 7.64. The first kappa shape index (κ1) is 20.4. The lowest BCUT2D eigenvalue weighted by Gasteiger charge is -2.18. The third kappa shape index (κ3) is 3.80. The topological polar surface area (TPSA) is 92.3 Å². The number of fused-ring (bicyclic) bond motifs is 1. The Labute approximate surface area is 176 Å². The molecular formula is C22H24N4O3S. The average molecular weight is 425 g/mol. The van der Waals surface area contributed by atoms with Crippen LogP contribution in [-0.2, 0) is 10.0 Å². The number of hydrogen-bond donors (Lipinski definition) is 1. The zero-order valence-electron chi connectivity index (χ0n) is 17.3. The van der Waals surface area contributed by atoms with Gasteiger partial charge in [-0.25, -0.2) is 18.4 Å². The minimum Gasteiger partial charge on any atom is -0.322 e. The quantitative estimate of drug-likeness (QED) is 0.691. The van der Waals surface area contributed by atoms with Crippen molar-refractivity contribution in [1.29, 1.82) is 0 Å². The molecule has 8 heteroatoms. The summed E-state index contributed by atoms with van der Waals surface area (Å²) in [5, 5.41) is 2.84. The maximum absolute atomic E-state index is 13.0. The van der Waals surface area contributed by atoms with E-state index in [0.29, 0.717) is 35.4 Å². The van der Waals surface area contributed by atoms with Crippen LogP contribution in [0.25, 0.3) is 11.0 Å². The third-order valence-corrected chi connectivity index (χ3v) is 7.51. The van der Waals surface area contributed by atoms with Crippen molar-refractivity contribution in [3.05, 3.63) is 58.9 Å². The first-order valence-corrected chi connectivity index (χ1v) is 11.4. The van der Waals surface area contributed by atoms with Crippen molar-refractivity contribution >= 4 is 32.7 Å². The molecule has 1 aliphatic heterocycles. The molecule has 1 fully saturated rings. The molecule has 2 heterocycles. The highest BCUT2D eigenvalue weighted by Crippen LogP contribution is 2.25. The van der Waals surface area contributed by atoms with Gasteiger partial charge in [0.25, 0.3) is 5.91 Å². The van der Waals surface area contributed by atoms with E-state index in [1.807, 2.05) is 19.9 Å². The molecule has 1 aromatic heterocycles. The maximum Gasteiger partial charge on any atom is 0.255 e. The van der Waals surface area contributed by atoms with Crippen LogP contribution in [0.2, 0.25) is 0 Å². The van der Waals surface area contributed by atoms with Gasteiger partial charge in [-0.15, -0.1) is 0 Å². The summed E-state index contributed by atoms with van der Waals surface area (Å²) in [7, 11) is -3.60. The summed E-state index contributed by atoms with van der Waals surface area (Å²) >= 11 is 0. The second kappa shape index (κ2) is 7.77. The van der Waals surface area contributed by atoms with E-state index in [-0.39, 0.29) is 10.8 Å². The molecule has 1 N–H and O–H groups in total. The molecule has 1 aliphatic rings. The maximum atomic E-state index is 13.0.